The number of likely N-dealkylation sites (N-methyl/N-ethyl adjacent to an activating group) is 2. The zero-order valence-corrected chi connectivity index (χ0v) is 12.3. The Kier molecular flexibility index (Phi) is 3.81. The van der Waals surface area contributed by atoms with E-state index in [1.807, 2.05) is 0 Å². The molecule has 3 saturated heterocycles. The summed E-state index contributed by atoms with van der Waals surface area (Å²) in [7, 11) is 11.4. The van der Waals surface area contributed by atoms with Crippen LogP contribution in [0.15, 0.2) is 0 Å². The van der Waals surface area contributed by atoms with Crippen molar-refractivity contribution >= 4 is 0 Å². The summed E-state index contributed by atoms with van der Waals surface area (Å²) in [6.07, 6.45) is 2.91. The van der Waals surface area contributed by atoms with Gasteiger partial charge in [0.2, 0.25) is 0 Å². The van der Waals surface area contributed by atoms with Crippen LogP contribution in [-0.2, 0) is 0 Å². The first-order chi connectivity index (χ1) is 7.92. The molecule has 2 bridgehead atoms. The van der Waals surface area contributed by atoms with Crippen molar-refractivity contribution in [3.63, 3.8) is 0 Å². The van der Waals surface area contributed by atoms with Crippen molar-refractivity contribution in [2.75, 3.05) is 61.4 Å². The SMILES string of the molecule is CN(C)CC1C2CC[N+](C)(CC2)C1CN(C)C. The standard InChI is InChI=1S/C14H30N3/c1-15(2)10-13-12-6-8-17(5,9-7-12)14(13)11-16(3)4/h12-14H,6-11H2,1-5H3/q+1. The topological polar surface area (TPSA) is 6.48 Å². The molecule has 3 rings (SSSR count). The summed E-state index contributed by atoms with van der Waals surface area (Å²) < 4.78 is 1.33. The van der Waals surface area contributed by atoms with Crippen LogP contribution in [0.1, 0.15) is 12.8 Å². The lowest BCUT2D eigenvalue weighted by atomic mass is 9.71. The number of quaternary nitrogens is 1. The largest absolute Gasteiger partial charge is 0.322 e. The van der Waals surface area contributed by atoms with Crippen molar-refractivity contribution in [2.45, 2.75) is 18.9 Å². The van der Waals surface area contributed by atoms with Crippen molar-refractivity contribution in [1.82, 2.24) is 9.80 Å². The molecule has 0 spiro atoms. The van der Waals surface area contributed by atoms with E-state index >= 15 is 0 Å². The van der Waals surface area contributed by atoms with Crippen LogP contribution < -0.4 is 0 Å². The summed E-state index contributed by atoms with van der Waals surface area (Å²) in [6, 6.07) is 0.847. The molecule has 0 aliphatic carbocycles. The first-order valence-electron chi connectivity index (χ1n) is 7.06. The third kappa shape index (κ3) is 2.67. The van der Waals surface area contributed by atoms with Gasteiger partial charge in [-0.15, -0.1) is 0 Å². The van der Waals surface area contributed by atoms with E-state index in [1.165, 1.54) is 43.5 Å². The van der Waals surface area contributed by atoms with Gasteiger partial charge in [0.05, 0.1) is 26.7 Å². The second-order valence-corrected chi connectivity index (χ2v) is 7.02. The van der Waals surface area contributed by atoms with Crippen LogP contribution in [0.3, 0.4) is 0 Å². The van der Waals surface area contributed by atoms with E-state index < -0.39 is 0 Å². The Labute approximate surface area is 107 Å². The molecule has 17 heavy (non-hydrogen) atoms. The van der Waals surface area contributed by atoms with Gasteiger partial charge in [0, 0.05) is 25.3 Å². The van der Waals surface area contributed by atoms with E-state index in [0.29, 0.717) is 0 Å². The molecule has 3 nitrogen and oxygen atoms in total. The molecule has 3 aliphatic rings. The Morgan fingerprint density at radius 3 is 1.94 bits per heavy atom. The number of rotatable bonds is 4. The van der Waals surface area contributed by atoms with Crippen molar-refractivity contribution in [2.24, 2.45) is 11.8 Å². The van der Waals surface area contributed by atoms with E-state index in [2.05, 4.69) is 45.0 Å². The Hall–Kier alpha value is -0.120. The van der Waals surface area contributed by atoms with Crippen LogP contribution in [0.2, 0.25) is 0 Å². The van der Waals surface area contributed by atoms with E-state index in [1.54, 1.807) is 0 Å². The Morgan fingerprint density at radius 2 is 1.47 bits per heavy atom. The molecular formula is C14H30N3+. The number of nitrogens with zero attached hydrogens (tertiary/aromatic N) is 3. The average Bonchev–Trinajstić information content (AvgIpc) is 2.22. The fraction of sp³-hybridized carbons (Fsp3) is 1.00. The highest BCUT2D eigenvalue weighted by molar-refractivity contribution is 4.89. The van der Waals surface area contributed by atoms with Crippen LogP contribution in [0.5, 0.6) is 0 Å². The fourth-order valence-corrected chi connectivity index (χ4v) is 4.11. The van der Waals surface area contributed by atoms with E-state index in [9.17, 15) is 0 Å². The zero-order valence-electron chi connectivity index (χ0n) is 12.3. The van der Waals surface area contributed by atoms with Gasteiger partial charge in [-0.2, -0.15) is 0 Å². The summed E-state index contributed by atoms with van der Waals surface area (Å²) in [4.78, 5) is 4.78. The van der Waals surface area contributed by atoms with E-state index in [0.717, 1.165) is 17.9 Å². The molecule has 0 aromatic carbocycles. The molecule has 0 radical (unpaired) electrons. The zero-order chi connectivity index (χ0) is 12.6. The maximum atomic E-state index is 2.49. The van der Waals surface area contributed by atoms with Gasteiger partial charge in [-0.05, 0) is 34.1 Å². The highest BCUT2D eigenvalue weighted by Gasteiger charge is 2.51. The number of fused-ring (bicyclic) bond motifs is 3. The molecule has 0 aromatic rings. The molecule has 0 amide bonds. The Morgan fingerprint density at radius 1 is 0.941 bits per heavy atom. The minimum atomic E-state index is 0.847. The first-order valence-corrected chi connectivity index (χ1v) is 7.06. The molecule has 2 atom stereocenters. The molecule has 3 aliphatic heterocycles. The molecule has 0 saturated carbocycles. The highest BCUT2D eigenvalue weighted by Crippen LogP contribution is 2.41. The molecule has 3 heteroatoms. The van der Waals surface area contributed by atoms with Gasteiger partial charge < -0.3 is 14.3 Å². The van der Waals surface area contributed by atoms with Crippen LogP contribution in [0, 0.1) is 11.8 Å². The maximum Gasteiger partial charge on any atom is 0.106 e. The lowest BCUT2D eigenvalue weighted by Crippen LogP contribution is -2.69. The second kappa shape index (κ2) is 4.87. The van der Waals surface area contributed by atoms with Gasteiger partial charge in [0.15, 0.2) is 0 Å². The minimum Gasteiger partial charge on any atom is -0.322 e. The molecule has 3 heterocycles. The smallest absolute Gasteiger partial charge is 0.106 e. The van der Waals surface area contributed by atoms with Gasteiger partial charge in [-0.25, -0.2) is 0 Å². The lowest BCUT2D eigenvalue weighted by Gasteiger charge is -2.57. The Balaban J connectivity index is 2.15. The van der Waals surface area contributed by atoms with Crippen LogP contribution in [0.4, 0.5) is 0 Å². The fourth-order valence-electron chi connectivity index (χ4n) is 4.11. The third-order valence-electron chi connectivity index (χ3n) is 5.05. The summed E-state index contributed by atoms with van der Waals surface area (Å²) in [5.41, 5.74) is 0. The van der Waals surface area contributed by atoms with Gasteiger partial charge >= 0.3 is 0 Å². The number of hydrogen-bond donors (Lipinski definition) is 0. The lowest BCUT2D eigenvalue weighted by molar-refractivity contribution is -0.953. The molecular weight excluding hydrogens is 210 g/mol. The summed E-state index contributed by atoms with van der Waals surface area (Å²) in [5, 5.41) is 0. The molecule has 100 valence electrons. The van der Waals surface area contributed by atoms with Gasteiger partial charge in [0.1, 0.15) is 6.04 Å². The summed E-state index contributed by atoms with van der Waals surface area (Å²) >= 11 is 0. The monoisotopic (exact) mass is 240 g/mol. The van der Waals surface area contributed by atoms with E-state index in [4.69, 9.17) is 0 Å². The van der Waals surface area contributed by atoms with Gasteiger partial charge in [-0.3, -0.25) is 0 Å². The van der Waals surface area contributed by atoms with Crippen LogP contribution in [0.25, 0.3) is 0 Å². The number of piperidine rings is 3. The van der Waals surface area contributed by atoms with Crippen molar-refractivity contribution in [3.05, 3.63) is 0 Å². The van der Waals surface area contributed by atoms with Gasteiger partial charge in [0.25, 0.3) is 0 Å². The molecule has 2 unspecified atom stereocenters. The third-order valence-corrected chi connectivity index (χ3v) is 5.05. The van der Waals surface area contributed by atoms with Crippen LogP contribution >= 0.6 is 0 Å². The molecule has 0 N–H and O–H groups in total. The van der Waals surface area contributed by atoms with E-state index in [-0.39, 0.29) is 0 Å². The van der Waals surface area contributed by atoms with Crippen molar-refractivity contribution < 1.29 is 4.48 Å². The highest BCUT2D eigenvalue weighted by atomic mass is 15.4. The quantitative estimate of drug-likeness (QED) is 0.676. The molecule has 3 fully saturated rings. The maximum absolute atomic E-state index is 2.49. The predicted molar refractivity (Wildman–Crippen MR) is 73.0 cm³/mol. The first kappa shape index (κ1) is 13.3. The van der Waals surface area contributed by atoms with Gasteiger partial charge in [-0.1, -0.05) is 0 Å². The van der Waals surface area contributed by atoms with Crippen molar-refractivity contribution in [3.8, 4) is 0 Å². The van der Waals surface area contributed by atoms with Crippen LogP contribution in [-0.4, -0.2) is 81.7 Å². The molecule has 0 aromatic heterocycles. The summed E-state index contributed by atoms with van der Waals surface area (Å²) in [6.45, 7) is 5.35. The second-order valence-electron chi connectivity index (χ2n) is 7.02. The average molecular weight is 240 g/mol. The summed E-state index contributed by atoms with van der Waals surface area (Å²) in [5.74, 6) is 1.89. The normalized spacial score (nSPS) is 41.5. The number of hydrogen-bond acceptors (Lipinski definition) is 2. The van der Waals surface area contributed by atoms with Crippen molar-refractivity contribution in [1.29, 1.82) is 0 Å². The minimum absolute atomic E-state index is 0.847. The predicted octanol–water partition coefficient (Wildman–Crippen LogP) is 0.965. The Bertz CT molecular complexity index is 254.